The van der Waals surface area contributed by atoms with Crippen molar-refractivity contribution in [1.29, 1.82) is 0 Å². The Kier molecular flexibility index (Phi) is 7.49. The molecule has 0 spiro atoms. The fourth-order valence-corrected chi connectivity index (χ4v) is 1.43. The van der Waals surface area contributed by atoms with Crippen LogP contribution in [0.25, 0.3) is 0 Å². The summed E-state index contributed by atoms with van der Waals surface area (Å²) >= 11 is 0. The molecular formula is C14H20N2O5. The minimum Gasteiger partial charge on any atom is -0.494 e. The number of methoxy groups -OCH3 is 1. The van der Waals surface area contributed by atoms with Gasteiger partial charge in [-0.2, -0.15) is 0 Å². The van der Waals surface area contributed by atoms with E-state index in [4.69, 9.17) is 9.47 Å². The molecule has 1 aromatic carbocycles. The number of hydrogen-bond donors (Lipinski definition) is 2. The summed E-state index contributed by atoms with van der Waals surface area (Å²) in [5, 5.41) is 5.02. The molecule has 0 bridgehead atoms. The average molecular weight is 296 g/mol. The fraction of sp³-hybridized carbons (Fsp3) is 0.429. The van der Waals surface area contributed by atoms with Crippen LogP contribution in [0, 0.1) is 0 Å². The van der Waals surface area contributed by atoms with Gasteiger partial charge in [0.25, 0.3) is 0 Å². The molecule has 0 aliphatic carbocycles. The highest BCUT2D eigenvalue weighted by atomic mass is 16.5. The molecule has 0 aliphatic heterocycles. The number of urea groups is 1. The van der Waals surface area contributed by atoms with Crippen LogP contribution in [0.4, 0.5) is 4.79 Å². The van der Waals surface area contributed by atoms with Gasteiger partial charge in [-0.3, -0.25) is 4.79 Å². The third-order valence-corrected chi connectivity index (χ3v) is 2.45. The van der Waals surface area contributed by atoms with Crippen LogP contribution in [-0.2, 0) is 9.53 Å². The van der Waals surface area contributed by atoms with Crippen molar-refractivity contribution in [1.82, 2.24) is 10.6 Å². The zero-order chi connectivity index (χ0) is 15.5. The Bertz CT molecular complexity index is 447. The highest BCUT2D eigenvalue weighted by Gasteiger charge is 2.03. The van der Waals surface area contributed by atoms with Gasteiger partial charge in [-0.25, -0.2) is 4.79 Å². The fourth-order valence-electron chi connectivity index (χ4n) is 1.43. The van der Waals surface area contributed by atoms with Crippen LogP contribution < -0.4 is 20.1 Å². The Labute approximate surface area is 123 Å². The molecule has 1 aromatic rings. The molecule has 0 aliphatic rings. The number of ether oxygens (including phenoxy) is 3. The number of rotatable bonds is 8. The normalized spacial score (nSPS) is 9.62. The topological polar surface area (TPSA) is 85.9 Å². The van der Waals surface area contributed by atoms with Gasteiger partial charge in [0.2, 0.25) is 0 Å². The molecule has 21 heavy (non-hydrogen) atoms. The molecule has 0 unspecified atom stereocenters. The number of amides is 2. The monoisotopic (exact) mass is 296 g/mol. The molecule has 0 atom stereocenters. The largest absolute Gasteiger partial charge is 0.494 e. The summed E-state index contributed by atoms with van der Waals surface area (Å²) in [5.74, 6) is 1.01. The van der Waals surface area contributed by atoms with Gasteiger partial charge in [0, 0.05) is 6.54 Å². The van der Waals surface area contributed by atoms with E-state index in [2.05, 4.69) is 15.4 Å². The number of hydrogen-bond acceptors (Lipinski definition) is 5. The molecular weight excluding hydrogens is 276 g/mol. The number of carbonyl (C=O) groups is 2. The van der Waals surface area contributed by atoms with Crippen LogP contribution >= 0.6 is 0 Å². The van der Waals surface area contributed by atoms with E-state index in [0.29, 0.717) is 12.4 Å². The average Bonchev–Trinajstić information content (AvgIpc) is 2.49. The zero-order valence-electron chi connectivity index (χ0n) is 12.2. The van der Waals surface area contributed by atoms with Gasteiger partial charge in [-0.05, 0) is 31.2 Å². The lowest BCUT2D eigenvalue weighted by Crippen LogP contribution is -2.38. The van der Waals surface area contributed by atoms with E-state index in [1.54, 1.807) is 24.3 Å². The first-order chi connectivity index (χ1) is 10.2. The lowest BCUT2D eigenvalue weighted by atomic mass is 10.3. The smallest absolute Gasteiger partial charge is 0.317 e. The molecule has 7 nitrogen and oxygen atoms in total. The standard InChI is InChI=1S/C14H20N2O5/c1-3-20-11-4-6-12(7-5-11)21-10-16-14(18)15-9-8-13(17)19-2/h4-7H,3,8-10H2,1-2H3,(H2,15,16,18). The van der Waals surface area contributed by atoms with Crippen LogP contribution in [0.3, 0.4) is 0 Å². The van der Waals surface area contributed by atoms with Gasteiger partial charge >= 0.3 is 12.0 Å². The summed E-state index contributed by atoms with van der Waals surface area (Å²) in [5.41, 5.74) is 0. The molecule has 116 valence electrons. The van der Waals surface area contributed by atoms with Crippen molar-refractivity contribution in [3.05, 3.63) is 24.3 Å². The Morgan fingerprint density at radius 2 is 1.67 bits per heavy atom. The Balaban J connectivity index is 2.17. The van der Waals surface area contributed by atoms with Gasteiger partial charge in [0.05, 0.1) is 20.1 Å². The van der Waals surface area contributed by atoms with Gasteiger partial charge in [0.1, 0.15) is 11.5 Å². The molecule has 2 N–H and O–H groups in total. The van der Waals surface area contributed by atoms with E-state index in [1.807, 2.05) is 6.92 Å². The second kappa shape index (κ2) is 9.46. The van der Waals surface area contributed by atoms with Crippen molar-refractivity contribution >= 4 is 12.0 Å². The summed E-state index contributed by atoms with van der Waals surface area (Å²) in [6.45, 7) is 2.75. The first kappa shape index (κ1) is 16.6. The predicted molar refractivity (Wildman–Crippen MR) is 76.3 cm³/mol. The predicted octanol–water partition coefficient (Wildman–Crippen LogP) is 1.28. The maximum absolute atomic E-state index is 11.4. The third-order valence-electron chi connectivity index (χ3n) is 2.45. The number of nitrogens with one attached hydrogen (secondary N) is 2. The maximum atomic E-state index is 11.4. The van der Waals surface area contributed by atoms with Crippen LogP contribution in [0.2, 0.25) is 0 Å². The minimum absolute atomic E-state index is 0.0258. The minimum atomic E-state index is -0.412. The molecule has 7 heteroatoms. The lowest BCUT2D eigenvalue weighted by Gasteiger charge is -2.09. The molecule has 0 fully saturated rings. The van der Waals surface area contributed by atoms with Crippen LogP contribution in [-0.4, -0.2) is 39.0 Å². The van der Waals surface area contributed by atoms with Gasteiger partial charge in [0.15, 0.2) is 6.73 Å². The van der Waals surface area contributed by atoms with Crippen LogP contribution in [0.15, 0.2) is 24.3 Å². The Morgan fingerprint density at radius 3 is 2.24 bits per heavy atom. The SMILES string of the molecule is CCOc1ccc(OCNC(=O)NCCC(=O)OC)cc1. The van der Waals surface area contributed by atoms with Crippen molar-refractivity contribution in [2.24, 2.45) is 0 Å². The highest BCUT2D eigenvalue weighted by Crippen LogP contribution is 2.16. The summed E-state index contributed by atoms with van der Waals surface area (Å²) in [7, 11) is 1.30. The maximum Gasteiger partial charge on any atom is 0.317 e. The summed E-state index contributed by atoms with van der Waals surface area (Å²) in [4.78, 5) is 22.2. The van der Waals surface area contributed by atoms with E-state index in [9.17, 15) is 9.59 Å². The molecule has 1 rings (SSSR count). The Morgan fingerprint density at radius 1 is 1.05 bits per heavy atom. The molecule has 0 heterocycles. The lowest BCUT2D eigenvalue weighted by molar-refractivity contribution is -0.140. The van der Waals surface area contributed by atoms with Gasteiger partial charge in [-0.1, -0.05) is 0 Å². The van der Waals surface area contributed by atoms with Gasteiger partial charge < -0.3 is 24.8 Å². The van der Waals surface area contributed by atoms with E-state index >= 15 is 0 Å². The van der Waals surface area contributed by atoms with E-state index < -0.39 is 6.03 Å². The number of esters is 1. The number of benzene rings is 1. The Hall–Kier alpha value is -2.44. The summed E-state index contributed by atoms with van der Waals surface area (Å²) in [6, 6.07) is 6.67. The third kappa shape index (κ3) is 7.05. The van der Waals surface area contributed by atoms with Crippen molar-refractivity contribution < 1.29 is 23.8 Å². The highest BCUT2D eigenvalue weighted by molar-refractivity contribution is 5.75. The molecule has 0 aromatic heterocycles. The molecule has 2 amide bonds. The van der Waals surface area contributed by atoms with Gasteiger partial charge in [-0.15, -0.1) is 0 Å². The van der Waals surface area contributed by atoms with Crippen molar-refractivity contribution in [3.63, 3.8) is 0 Å². The van der Waals surface area contributed by atoms with E-state index in [0.717, 1.165) is 5.75 Å². The zero-order valence-corrected chi connectivity index (χ0v) is 12.2. The first-order valence-electron chi connectivity index (χ1n) is 6.60. The second-order valence-corrected chi connectivity index (χ2v) is 3.95. The van der Waals surface area contributed by atoms with E-state index in [-0.39, 0.29) is 25.7 Å². The van der Waals surface area contributed by atoms with E-state index in [1.165, 1.54) is 7.11 Å². The second-order valence-electron chi connectivity index (χ2n) is 3.95. The quantitative estimate of drug-likeness (QED) is 0.557. The molecule has 0 radical (unpaired) electrons. The molecule has 0 saturated carbocycles. The van der Waals surface area contributed by atoms with Crippen molar-refractivity contribution in [2.75, 3.05) is 27.0 Å². The number of carbonyl (C=O) groups excluding carboxylic acids is 2. The summed E-state index contributed by atoms with van der Waals surface area (Å²) in [6.07, 6.45) is 0.129. The summed E-state index contributed by atoms with van der Waals surface area (Å²) < 4.78 is 15.1. The first-order valence-corrected chi connectivity index (χ1v) is 6.60. The van der Waals surface area contributed by atoms with Crippen LogP contribution in [0.1, 0.15) is 13.3 Å². The van der Waals surface area contributed by atoms with Crippen molar-refractivity contribution in [3.8, 4) is 11.5 Å². The van der Waals surface area contributed by atoms with Crippen LogP contribution in [0.5, 0.6) is 11.5 Å². The van der Waals surface area contributed by atoms with Crippen molar-refractivity contribution in [2.45, 2.75) is 13.3 Å². The molecule has 0 saturated heterocycles.